The van der Waals surface area contributed by atoms with E-state index < -0.39 is 12.1 Å². The van der Waals surface area contributed by atoms with Crippen molar-refractivity contribution in [3.8, 4) is 5.75 Å². The van der Waals surface area contributed by atoms with Gasteiger partial charge in [-0.15, -0.1) is 0 Å². The van der Waals surface area contributed by atoms with Crippen LogP contribution in [0.4, 0.5) is 0 Å². The van der Waals surface area contributed by atoms with Gasteiger partial charge in [0, 0.05) is 6.42 Å². The van der Waals surface area contributed by atoms with Gasteiger partial charge in [-0.3, -0.25) is 9.59 Å². The maximum absolute atomic E-state index is 12.1. The molecule has 1 aromatic carbocycles. The summed E-state index contributed by atoms with van der Waals surface area (Å²) >= 11 is 0. The van der Waals surface area contributed by atoms with Gasteiger partial charge >= 0.3 is 0 Å². The summed E-state index contributed by atoms with van der Waals surface area (Å²) < 4.78 is 0. The van der Waals surface area contributed by atoms with Crippen molar-refractivity contribution in [2.75, 3.05) is 0 Å². The minimum atomic E-state index is -0.549. The molecule has 3 atom stereocenters. The number of benzene rings is 1. The minimum absolute atomic E-state index is 0.119. The Balaban J connectivity index is 2.03. The number of hydrogen-bond acceptors (Lipinski definition) is 3. The van der Waals surface area contributed by atoms with Crippen LogP contribution in [0.5, 0.6) is 5.75 Å². The molecule has 108 valence electrons. The van der Waals surface area contributed by atoms with Gasteiger partial charge in [-0.2, -0.15) is 0 Å². The molecular weight excluding hydrogens is 256 g/mol. The highest BCUT2D eigenvalue weighted by molar-refractivity contribution is 5.97. The largest absolute Gasteiger partial charge is 0.508 e. The fourth-order valence-electron chi connectivity index (χ4n) is 2.29. The summed E-state index contributed by atoms with van der Waals surface area (Å²) in [6.45, 7) is 3.94. The van der Waals surface area contributed by atoms with Crippen molar-refractivity contribution >= 4 is 11.8 Å². The smallest absolute Gasteiger partial charge is 0.243 e. The molecule has 1 fully saturated rings. The van der Waals surface area contributed by atoms with E-state index in [0.29, 0.717) is 6.42 Å². The van der Waals surface area contributed by atoms with E-state index in [4.69, 9.17) is 0 Å². The molecule has 1 saturated heterocycles. The number of hydrogen-bond donors (Lipinski definition) is 3. The predicted molar refractivity (Wildman–Crippen MR) is 75.1 cm³/mol. The summed E-state index contributed by atoms with van der Waals surface area (Å²) in [6.07, 6.45) is 1.26. The van der Waals surface area contributed by atoms with E-state index in [1.165, 1.54) is 0 Å². The van der Waals surface area contributed by atoms with Gasteiger partial charge in [0.15, 0.2) is 0 Å². The van der Waals surface area contributed by atoms with Gasteiger partial charge in [-0.1, -0.05) is 32.4 Å². The van der Waals surface area contributed by atoms with Crippen LogP contribution in [0.3, 0.4) is 0 Å². The Kier molecular flexibility index (Phi) is 4.27. The highest BCUT2D eigenvalue weighted by Gasteiger charge is 2.35. The summed E-state index contributed by atoms with van der Waals surface area (Å²) in [4.78, 5) is 24.1. The lowest BCUT2D eigenvalue weighted by Crippen LogP contribution is -2.63. The van der Waals surface area contributed by atoms with Crippen molar-refractivity contribution in [1.82, 2.24) is 10.6 Å². The van der Waals surface area contributed by atoms with Crippen LogP contribution in [-0.2, 0) is 16.0 Å². The number of amides is 2. The topological polar surface area (TPSA) is 78.4 Å². The molecule has 1 aliphatic heterocycles. The van der Waals surface area contributed by atoms with Gasteiger partial charge < -0.3 is 15.7 Å². The van der Waals surface area contributed by atoms with E-state index in [1.54, 1.807) is 24.3 Å². The Bertz CT molecular complexity index is 498. The van der Waals surface area contributed by atoms with E-state index in [-0.39, 0.29) is 23.5 Å². The zero-order chi connectivity index (χ0) is 14.7. The van der Waals surface area contributed by atoms with Gasteiger partial charge in [0.1, 0.15) is 17.8 Å². The van der Waals surface area contributed by atoms with Crippen molar-refractivity contribution in [2.24, 2.45) is 5.92 Å². The van der Waals surface area contributed by atoms with Gasteiger partial charge in [0.2, 0.25) is 11.8 Å². The summed E-state index contributed by atoms with van der Waals surface area (Å²) in [5.74, 6) is 0.0296. The lowest BCUT2D eigenvalue weighted by molar-refractivity contribution is -0.138. The molecule has 0 aliphatic carbocycles. The van der Waals surface area contributed by atoms with Crippen LogP contribution in [0, 0.1) is 5.92 Å². The average Bonchev–Trinajstić information content (AvgIpc) is 2.44. The highest BCUT2D eigenvalue weighted by Crippen LogP contribution is 2.15. The standard InChI is InChI=1S/C15H20N2O3/c1-3-9(2)13-15(20)16-12(14(19)17-13)8-10-4-6-11(18)7-5-10/h4-7,9,12-13,18H,3,8H2,1-2H3,(H,16,20)(H,17,19)/t9-,12+,13-/m0/s1. The molecule has 5 heteroatoms. The molecule has 0 saturated carbocycles. The molecular formula is C15H20N2O3. The number of nitrogens with one attached hydrogen (secondary N) is 2. The van der Waals surface area contributed by atoms with E-state index in [1.807, 2.05) is 13.8 Å². The van der Waals surface area contributed by atoms with Gasteiger partial charge in [-0.25, -0.2) is 0 Å². The Labute approximate surface area is 118 Å². The first-order chi connectivity index (χ1) is 9.51. The third-order valence-corrected chi connectivity index (χ3v) is 3.80. The van der Waals surface area contributed by atoms with Crippen molar-refractivity contribution in [3.63, 3.8) is 0 Å². The quantitative estimate of drug-likeness (QED) is 0.766. The van der Waals surface area contributed by atoms with Crippen LogP contribution in [0.25, 0.3) is 0 Å². The molecule has 0 unspecified atom stereocenters. The lowest BCUT2D eigenvalue weighted by atomic mass is 9.94. The van der Waals surface area contributed by atoms with Gasteiger partial charge in [0.05, 0.1) is 0 Å². The second kappa shape index (κ2) is 5.94. The fraction of sp³-hybridized carbons (Fsp3) is 0.467. The molecule has 0 radical (unpaired) electrons. The number of rotatable bonds is 4. The molecule has 3 N–H and O–H groups in total. The molecule has 1 heterocycles. The zero-order valence-electron chi connectivity index (χ0n) is 11.7. The molecule has 0 bridgehead atoms. The van der Waals surface area contributed by atoms with Gasteiger partial charge in [-0.05, 0) is 23.6 Å². The van der Waals surface area contributed by atoms with E-state index in [0.717, 1.165) is 12.0 Å². The van der Waals surface area contributed by atoms with E-state index in [9.17, 15) is 14.7 Å². The van der Waals surface area contributed by atoms with Crippen LogP contribution in [0.1, 0.15) is 25.8 Å². The van der Waals surface area contributed by atoms with Crippen LogP contribution in [0.2, 0.25) is 0 Å². The van der Waals surface area contributed by atoms with Crippen LogP contribution in [0.15, 0.2) is 24.3 Å². The fourth-order valence-corrected chi connectivity index (χ4v) is 2.29. The van der Waals surface area contributed by atoms with Crippen LogP contribution >= 0.6 is 0 Å². The van der Waals surface area contributed by atoms with Crippen molar-refractivity contribution in [2.45, 2.75) is 38.8 Å². The highest BCUT2D eigenvalue weighted by atomic mass is 16.3. The molecule has 2 rings (SSSR count). The van der Waals surface area contributed by atoms with Crippen LogP contribution in [-0.4, -0.2) is 29.0 Å². The molecule has 0 spiro atoms. The minimum Gasteiger partial charge on any atom is -0.508 e. The summed E-state index contributed by atoms with van der Waals surface area (Å²) in [5, 5.41) is 14.8. The molecule has 2 amide bonds. The Morgan fingerprint density at radius 1 is 1.15 bits per heavy atom. The van der Waals surface area contributed by atoms with E-state index in [2.05, 4.69) is 10.6 Å². The maximum Gasteiger partial charge on any atom is 0.243 e. The second-order valence-electron chi connectivity index (χ2n) is 5.30. The number of carbonyl (C=O) groups is 2. The third kappa shape index (κ3) is 3.10. The van der Waals surface area contributed by atoms with Crippen molar-refractivity contribution in [1.29, 1.82) is 0 Å². The first kappa shape index (κ1) is 14.4. The van der Waals surface area contributed by atoms with Crippen LogP contribution < -0.4 is 10.6 Å². The molecule has 1 aliphatic rings. The maximum atomic E-state index is 12.1. The monoisotopic (exact) mass is 276 g/mol. The number of carbonyl (C=O) groups excluding carboxylic acids is 2. The molecule has 1 aromatic rings. The molecule has 5 nitrogen and oxygen atoms in total. The normalized spacial score (nSPS) is 23.9. The zero-order valence-corrected chi connectivity index (χ0v) is 11.7. The SMILES string of the molecule is CC[C@H](C)[C@@H]1NC(=O)[C@@H](Cc2ccc(O)cc2)NC1=O. The van der Waals surface area contributed by atoms with E-state index >= 15 is 0 Å². The number of aromatic hydroxyl groups is 1. The second-order valence-corrected chi connectivity index (χ2v) is 5.30. The first-order valence-corrected chi connectivity index (χ1v) is 6.90. The summed E-state index contributed by atoms with van der Waals surface area (Å²) in [5.41, 5.74) is 0.894. The average molecular weight is 276 g/mol. The summed E-state index contributed by atoms with van der Waals surface area (Å²) in [6, 6.07) is 5.64. The lowest BCUT2D eigenvalue weighted by Gasteiger charge is -2.32. The number of phenols is 1. The Morgan fingerprint density at radius 3 is 2.40 bits per heavy atom. The summed E-state index contributed by atoms with van der Waals surface area (Å²) in [7, 11) is 0. The Hall–Kier alpha value is -2.04. The van der Waals surface area contributed by atoms with Gasteiger partial charge in [0.25, 0.3) is 0 Å². The van der Waals surface area contributed by atoms with Crippen molar-refractivity contribution < 1.29 is 14.7 Å². The van der Waals surface area contributed by atoms with Crippen molar-refractivity contribution in [3.05, 3.63) is 29.8 Å². The third-order valence-electron chi connectivity index (χ3n) is 3.80. The predicted octanol–water partition coefficient (Wildman–Crippen LogP) is 0.964. The number of piperazine rings is 1. The molecule has 20 heavy (non-hydrogen) atoms. The molecule has 0 aromatic heterocycles. The number of phenolic OH excluding ortho intramolecular Hbond substituents is 1. The first-order valence-electron chi connectivity index (χ1n) is 6.90. The Morgan fingerprint density at radius 2 is 1.80 bits per heavy atom.